The average Bonchev–Trinajstić information content (AvgIpc) is 3.11. The smallest absolute Gasteiger partial charge is 0.170 e. The van der Waals surface area contributed by atoms with Crippen LogP contribution in [-0.4, -0.2) is 70.6 Å². The minimum Gasteiger partial charge on any atom is -0.395 e. The Morgan fingerprint density at radius 1 is 1.21 bits per heavy atom. The van der Waals surface area contributed by atoms with Crippen LogP contribution in [0.2, 0.25) is 0 Å². The number of hydrogen-bond acceptors (Lipinski definition) is 10. The van der Waals surface area contributed by atoms with Crippen molar-refractivity contribution >= 4 is 43.4 Å². The van der Waals surface area contributed by atoms with Gasteiger partial charge in [0.05, 0.1) is 32.0 Å². The lowest BCUT2D eigenvalue weighted by Crippen LogP contribution is -2.39. The Morgan fingerprint density at radius 3 is 2.83 bits per heavy atom. The molecular formula is C19H24N6O3S. The van der Waals surface area contributed by atoms with E-state index >= 15 is 0 Å². The maximum Gasteiger partial charge on any atom is 0.170 e. The predicted octanol–water partition coefficient (Wildman–Crippen LogP) is 1.73. The van der Waals surface area contributed by atoms with Gasteiger partial charge in [0.2, 0.25) is 0 Å². The van der Waals surface area contributed by atoms with E-state index in [-0.39, 0.29) is 12.2 Å². The van der Waals surface area contributed by atoms with Crippen molar-refractivity contribution in [1.29, 1.82) is 0 Å². The molecule has 5 rings (SSSR count). The third-order valence-electron chi connectivity index (χ3n) is 5.44. The number of rotatable bonds is 4. The summed E-state index contributed by atoms with van der Waals surface area (Å²) in [6.07, 6.45) is 0.786. The Balaban J connectivity index is 1.75. The van der Waals surface area contributed by atoms with Crippen LogP contribution in [0, 0.1) is 0 Å². The fourth-order valence-corrected chi connectivity index (χ4v) is 5.14. The molecule has 0 radical (unpaired) electrons. The molecule has 0 amide bonds. The van der Waals surface area contributed by atoms with Crippen molar-refractivity contribution in [1.82, 2.24) is 20.4 Å². The second kappa shape index (κ2) is 7.28. The zero-order chi connectivity index (χ0) is 20.0. The van der Waals surface area contributed by atoms with Crippen LogP contribution in [0.1, 0.15) is 25.0 Å². The van der Waals surface area contributed by atoms with E-state index in [1.807, 2.05) is 0 Å². The van der Waals surface area contributed by atoms with E-state index in [1.54, 1.807) is 11.3 Å². The molecule has 10 heteroatoms. The molecule has 0 aromatic carbocycles. The summed E-state index contributed by atoms with van der Waals surface area (Å²) in [5, 5.41) is 25.8. The van der Waals surface area contributed by atoms with Crippen LogP contribution in [0.5, 0.6) is 0 Å². The van der Waals surface area contributed by atoms with Crippen molar-refractivity contribution in [3.63, 3.8) is 0 Å². The van der Waals surface area contributed by atoms with E-state index in [9.17, 15) is 5.11 Å². The van der Waals surface area contributed by atoms with Crippen LogP contribution in [0.15, 0.2) is 0 Å². The quantitative estimate of drug-likeness (QED) is 0.658. The highest BCUT2D eigenvalue weighted by atomic mass is 32.1. The standard InChI is InChI=1S/C19H24N6O3S/c1-19(2)9-11-12(10-28-19)17(25-4-7-27-8-5-25)21-18-13(11)14-15(29-18)16(20-3-6-26)23-24-22-14/h26H,3-10H2,1-2H3,(H,20,22,23). The molecule has 0 unspecified atom stereocenters. The molecule has 9 nitrogen and oxygen atoms in total. The number of aromatic nitrogens is 4. The molecule has 1 fully saturated rings. The van der Waals surface area contributed by atoms with Crippen molar-refractivity contribution in [2.75, 3.05) is 49.7 Å². The third-order valence-corrected chi connectivity index (χ3v) is 6.52. The second-order valence-corrected chi connectivity index (χ2v) is 8.96. The maximum absolute atomic E-state index is 9.17. The van der Waals surface area contributed by atoms with Crippen molar-refractivity contribution in [2.24, 2.45) is 0 Å². The zero-order valence-corrected chi connectivity index (χ0v) is 17.4. The molecule has 2 N–H and O–H groups in total. The summed E-state index contributed by atoms with van der Waals surface area (Å²) in [4.78, 5) is 8.29. The summed E-state index contributed by atoms with van der Waals surface area (Å²) in [6, 6.07) is 0. The van der Waals surface area contributed by atoms with Gasteiger partial charge in [-0.3, -0.25) is 0 Å². The number of nitrogens with zero attached hydrogens (tertiary/aromatic N) is 5. The monoisotopic (exact) mass is 416 g/mol. The van der Waals surface area contributed by atoms with Crippen molar-refractivity contribution in [2.45, 2.75) is 32.5 Å². The lowest BCUT2D eigenvalue weighted by atomic mass is 9.90. The lowest BCUT2D eigenvalue weighted by molar-refractivity contribution is -0.0396. The number of morpholine rings is 1. The predicted molar refractivity (Wildman–Crippen MR) is 112 cm³/mol. The Morgan fingerprint density at radius 2 is 2.03 bits per heavy atom. The normalized spacial score (nSPS) is 18.9. The number of ether oxygens (including phenoxy) is 2. The molecule has 3 aromatic heterocycles. The van der Waals surface area contributed by atoms with E-state index < -0.39 is 0 Å². The fourth-order valence-electron chi connectivity index (χ4n) is 4.04. The van der Waals surface area contributed by atoms with Gasteiger partial charge in [-0.05, 0) is 24.6 Å². The Hall–Kier alpha value is -2.14. The highest BCUT2D eigenvalue weighted by molar-refractivity contribution is 7.26. The summed E-state index contributed by atoms with van der Waals surface area (Å²) in [5.74, 6) is 1.63. The molecule has 29 heavy (non-hydrogen) atoms. The van der Waals surface area contributed by atoms with Crippen LogP contribution in [0.4, 0.5) is 11.6 Å². The minimum absolute atomic E-state index is 0.0246. The number of pyridine rings is 1. The molecule has 0 atom stereocenters. The molecular weight excluding hydrogens is 392 g/mol. The first-order chi connectivity index (χ1) is 14.1. The van der Waals surface area contributed by atoms with Crippen molar-refractivity contribution < 1.29 is 14.6 Å². The van der Waals surface area contributed by atoms with E-state index in [0.717, 1.165) is 51.3 Å². The van der Waals surface area contributed by atoms with E-state index in [2.05, 4.69) is 39.5 Å². The summed E-state index contributed by atoms with van der Waals surface area (Å²) < 4.78 is 12.6. The molecule has 0 bridgehead atoms. The van der Waals surface area contributed by atoms with Gasteiger partial charge in [0, 0.05) is 37.0 Å². The molecule has 1 saturated heterocycles. The minimum atomic E-state index is -0.254. The van der Waals surface area contributed by atoms with Gasteiger partial charge >= 0.3 is 0 Å². The van der Waals surface area contributed by atoms with Crippen molar-refractivity contribution in [3.05, 3.63) is 11.1 Å². The van der Waals surface area contributed by atoms with E-state index in [0.29, 0.717) is 32.2 Å². The van der Waals surface area contributed by atoms with Crippen LogP contribution in [0.25, 0.3) is 20.4 Å². The van der Waals surface area contributed by atoms with E-state index in [1.165, 1.54) is 5.56 Å². The first kappa shape index (κ1) is 18.9. The first-order valence-corrected chi connectivity index (χ1v) is 10.7. The topological polar surface area (TPSA) is 106 Å². The van der Waals surface area contributed by atoms with Crippen LogP contribution in [0.3, 0.4) is 0 Å². The molecule has 5 heterocycles. The molecule has 0 aliphatic carbocycles. The molecule has 2 aliphatic heterocycles. The Labute approximate surface area is 172 Å². The van der Waals surface area contributed by atoms with Gasteiger partial charge < -0.3 is 24.8 Å². The van der Waals surface area contributed by atoms with Gasteiger partial charge in [0.25, 0.3) is 0 Å². The van der Waals surface area contributed by atoms with Gasteiger partial charge in [0.1, 0.15) is 20.9 Å². The molecule has 0 saturated carbocycles. The largest absolute Gasteiger partial charge is 0.395 e. The van der Waals surface area contributed by atoms with Crippen LogP contribution >= 0.6 is 11.3 Å². The fraction of sp³-hybridized carbons (Fsp3) is 0.579. The van der Waals surface area contributed by atoms with Crippen LogP contribution < -0.4 is 10.2 Å². The molecule has 154 valence electrons. The van der Waals surface area contributed by atoms with Gasteiger partial charge in [-0.2, -0.15) is 0 Å². The number of anilines is 2. The highest BCUT2D eigenvalue weighted by Gasteiger charge is 2.33. The third kappa shape index (κ3) is 3.29. The first-order valence-electron chi connectivity index (χ1n) is 9.86. The number of hydrogen-bond donors (Lipinski definition) is 2. The molecule has 2 aliphatic rings. The highest BCUT2D eigenvalue weighted by Crippen LogP contribution is 2.43. The number of thiophene rings is 1. The average molecular weight is 417 g/mol. The maximum atomic E-state index is 9.17. The summed E-state index contributed by atoms with van der Waals surface area (Å²) in [5.41, 5.74) is 2.95. The SMILES string of the molecule is CC1(C)Cc2c(c(N3CCOCC3)nc3sc4c(NCCO)nnnc4c23)CO1. The Bertz CT molecular complexity index is 1060. The van der Waals surface area contributed by atoms with Gasteiger partial charge in [-0.15, -0.1) is 21.5 Å². The molecule has 0 spiro atoms. The Kier molecular flexibility index (Phi) is 4.73. The second-order valence-electron chi connectivity index (χ2n) is 7.97. The van der Waals surface area contributed by atoms with Crippen molar-refractivity contribution in [3.8, 4) is 0 Å². The molecule has 3 aromatic rings. The number of fused-ring (bicyclic) bond motifs is 5. The zero-order valence-electron chi connectivity index (χ0n) is 16.6. The number of aliphatic hydroxyl groups is 1. The van der Waals surface area contributed by atoms with Gasteiger partial charge in [-0.25, -0.2) is 4.98 Å². The van der Waals surface area contributed by atoms with E-state index in [4.69, 9.17) is 14.5 Å². The van der Waals surface area contributed by atoms with Crippen LogP contribution in [-0.2, 0) is 22.5 Å². The summed E-state index contributed by atoms with van der Waals surface area (Å²) >= 11 is 1.57. The summed E-state index contributed by atoms with van der Waals surface area (Å²) in [6.45, 7) is 8.26. The number of aliphatic hydroxyl groups excluding tert-OH is 1. The van der Waals surface area contributed by atoms with Gasteiger partial charge in [-0.1, -0.05) is 0 Å². The van der Waals surface area contributed by atoms with Gasteiger partial charge in [0.15, 0.2) is 5.82 Å². The lowest BCUT2D eigenvalue weighted by Gasteiger charge is -2.36. The summed E-state index contributed by atoms with van der Waals surface area (Å²) in [7, 11) is 0. The number of nitrogens with one attached hydrogen (secondary N) is 1.